The van der Waals surface area contributed by atoms with Crippen LogP contribution in [0.1, 0.15) is 16.8 Å². The summed E-state index contributed by atoms with van der Waals surface area (Å²) in [4.78, 5) is 32.5. The van der Waals surface area contributed by atoms with Gasteiger partial charge in [0.1, 0.15) is 5.82 Å². The summed E-state index contributed by atoms with van der Waals surface area (Å²) in [5, 5.41) is 3.30. The molecule has 0 atom stereocenters. The first-order valence-corrected chi connectivity index (χ1v) is 7.53. The van der Waals surface area contributed by atoms with Crippen molar-refractivity contribution >= 4 is 23.3 Å². The van der Waals surface area contributed by atoms with E-state index in [1.54, 1.807) is 24.1 Å². The van der Waals surface area contributed by atoms with Crippen LogP contribution in [0.5, 0.6) is 0 Å². The van der Waals surface area contributed by atoms with Gasteiger partial charge in [0.05, 0.1) is 11.6 Å². The van der Waals surface area contributed by atoms with Gasteiger partial charge in [0.2, 0.25) is 5.91 Å². The number of nitrogens with one attached hydrogen (secondary N) is 2. The van der Waals surface area contributed by atoms with Gasteiger partial charge in [-0.05, 0) is 37.6 Å². The van der Waals surface area contributed by atoms with Crippen LogP contribution >= 0.6 is 11.6 Å². The summed E-state index contributed by atoms with van der Waals surface area (Å²) in [5.74, 6) is 0.456. The normalized spacial score (nSPS) is 10.4. The zero-order chi connectivity index (χ0) is 17.0. The highest BCUT2D eigenvalue weighted by Crippen LogP contribution is 2.12. The molecule has 122 valence electrons. The van der Waals surface area contributed by atoms with Crippen molar-refractivity contribution in [1.82, 2.24) is 15.3 Å². The number of hydrogen-bond acceptors (Lipinski definition) is 4. The monoisotopic (exact) mass is 334 g/mol. The Balaban J connectivity index is 1.95. The van der Waals surface area contributed by atoms with Gasteiger partial charge in [0.25, 0.3) is 5.56 Å². The highest BCUT2D eigenvalue weighted by atomic mass is 35.5. The van der Waals surface area contributed by atoms with Gasteiger partial charge in [-0.2, -0.15) is 0 Å². The van der Waals surface area contributed by atoms with E-state index in [-0.39, 0.29) is 24.6 Å². The van der Waals surface area contributed by atoms with Crippen LogP contribution in [-0.4, -0.2) is 29.5 Å². The van der Waals surface area contributed by atoms with Crippen molar-refractivity contribution in [3.63, 3.8) is 0 Å². The van der Waals surface area contributed by atoms with E-state index in [9.17, 15) is 9.59 Å². The molecule has 7 heteroatoms. The highest BCUT2D eigenvalue weighted by Gasteiger charge is 2.10. The lowest BCUT2D eigenvalue weighted by molar-refractivity contribution is -0.119. The number of carbonyl (C=O) groups excluding carboxylic acids is 1. The van der Waals surface area contributed by atoms with Crippen molar-refractivity contribution in [3.05, 3.63) is 56.6 Å². The van der Waals surface area contributed by atoms with Gasteiger partial charge in [0, 0.05) is 31.0 Å². The summed E-state index contributed by atoms with van der Waals surface area (Å²) in [6, 6.07) is 5.34. The number of aryl methyl sites for hydroxylation is 2. The molecular weight excluding hydrogens is 316 g/mol. The SMILES string of the molecule is Cc1cc(C)c(CNC(=O)CN(C)c2ccc(Cl)cn2)c(=O)[nH]1. The first kappa shape index (κ1) is 17.0. The predicted molar refractivity (Wildman–Crippen MR) is 90.9 cm³/mol. The van der Waals surface area contributed by atoms with Crippen LogP contribution < -0.4 is 15.8 Å². The second-order valence-electron chi connectivity index (χ2n) is 5.41. The van der Waals surface area contributed by atoms with E-state index in [4.69, 9.17) is 11.6 Å². The number of carbonyl (C=O) groups is 1. The second-order valence-corrected chi connectivity index (χ2v) is 5.85. The largest absolute Gasteiger partial charge is 0.350 e. The third-order valence-corrected chi connectivity index (χ3v) is 3.66. The lowest BCUT2D eigenvalue weighted by Crippen LogP contribution is -2.36. The van der Waals surface area contributed by atoms with Crippen molar-refractivity contribution in [2.75, 3.05) is 18.5 Å². The number of anilines is 1. The van der Waals surface area contributed by atoms with E-state index in [0.29, 0.717) is 16.4 Å². The predicted octanol–water partition coefficient (Wildman–Crippen LogP) is 1.79. The van der Waals surface area contributed by atoms with Crippen molar-refractivity contribution in [2.24, 2.45) is 0 Å². The van der Waals surface area contributed by atoms with Gasteiger partial charge >= 0.3 is 0 Å². The molecule has 0 saturated heterocycles. The molecular formula is C16H19ClN4O2. The van der Waals surface area contributed by atoms with Gasteiger partial charge in [-0.1, -0.05) is 11.6 Å². The minimum absolute atomic E-state index is 0.136. The number of nitrogens with zero attached hydrogens (tertiary/aromatic N) is 2. The Hall–Kier alpha value is -2.34. The summed E-state index contributed by atoms with van der Waals surface area (Å²) < 4.78 is 0. The van der Waals surface area contributed by atoms with Crippen molar-refractivity contribution in [2.45, 2.75) is 20.4 Å². The quantitative estimate of drug-likeness (QED) is 0.874. The minimum atomic E-state index is -0.191. The van der Waals surface area contributed by atoms with Gasteiger partial charge in [0.15, 0.2) is 0 Å². The maximum absolute atomic E-state index is 12.0. The third-order valence-electron chi connectivity index (χ3n) is 3.44. The number of aromatic nitrogens is 2. The molecule has 2 aromatic rings. The molecule has 2 rings (SSSR count). The van der Waals surface area contributed by atoms with E-state index >= 15 is 0 Å². The highest BCUT2D eigenvalue weighted by molar-refractivity contribution is 6.30. The number of H-pyrrole nitrogens is 1. The molecule has 0 radical (unpaired) electrons. The van der Waals surface area contributed by atoms with Gasteiger partial charge in [-0.25, -0.2) is 4.98 Å². The molecule has 0 aliphatic carbocycles. The Kier molecular flexibility index (Phi) is 5.39. The van der Waals surface area contributed by atoms with Gasteiger partial charge in [-0.15, -0.1) is 0 Å². The fraction of sp³-hybridized carbons (Fsp3) is 0.312. The molecule has 2 aromatic heterocycles. The summed E-state index contributed by atoms with van der Waals surface area (Å²) in [6.07, 6.45) is 1.53. The molecule has 2 N–H and O–H groups in total. The Morgan fingerprint density at radius 3 is 2.74 bits per heavy atom. The molecule has 0 saturated carbocycles. The number of likely N-dealkylation sites (N-methyl/N-ethyl adjacent to an activating group) is 1. The fourth-order valence-corrected chi connectivity index (χ4v) is 2.35. The van der Waals surface area contributed by atoms with E-state index < -0.39 is 0 Å². The number of rotatable bonds is 5. The average molecular weight is 335 g/mol. The van der Waals surface area contributed by atoms with E-state index in [1.165, 1.54) is 6.20 Å². The smallest absolute Gasteiger partial charge is 0.253 e. The summed E-state index contributed by atoms with van der Waals surface area (Å²) in [7, 11) is 1.76. The van der Waals surface area contributed by atoms with E-state index in [0.717, 1.165) is 11.3 Å². The summed E-state index contributed by atoms with van der Waals surface area (Å²) in [6.45, 7) is 4.01. The number of amides is 1. The first-order chi connectivity index (χ1) is 10.9. The topological polar surface area (TPSA) is 78.1 Å². The number of aromatic amines is 1. The zero-order valence-corrected chi connectivity index (χ0v) is 14.1. The van der Waals surface area contributed by atoms with E-state index in [2.05, 4.69) is 15.3 Å². The Morgan fingerprint density at radius 1 is 1.39 bits per heavy atom. The van der Waals surface area contributed by atoms with Gasteiger partial charge < -0.3 is 15.2 Å². The molecule has 0 aliphatic heterocycles. The fourth-order valence-electron chi connectivity index (χ4n) is 2.23. The van der Waals surface area contributed by atoms with Gasteiger partial charge in [-0.3, -0.25) is 9.59 Å². The van der Waals surface area contributed by atoms with Crippen LogP contribution in [-0.2, 0) is 11.3 Å². The molecule has 1 amide bonds. The second kappa shape index (κ2) is 7.28. The van der Waals surface area contributed by atoms with Crippen molar-refractivity contribution in [3.8, 4) is 0 Å². The maximum Gasteiger partial charge on any atom is 0.253 e. The maximum atomic E-state index is 12.0. The lowest BCUT2D eigenvalue weighted by atomic mass is 10.1. The molecule has 23 heavy (non-hydrogen) atoms. The molecule has 6 nitrogen and oxygen atoms in total. The van der Waals surface area contributed by atoms with Crippen LogP contribution in [0.3, 0.4) is 0 Å². The molecule has 0 spiro atoms. The Bertz CT molecular complexity index is 756. The Morgan fingerprint density at radius 2 is 2.13 bits per heavy atom. The first-order valence-electron chi connectivity index (χ1n) is 7.15. The van der Waals surface area contributed by atoms with Crippen molar-refractivity contribution < 1.29 is 4.79 Å². The number of hydrogen-bond donors (Lipinski definition) is 2. The molecule has 0 bridgehead atoms. The number of pyridine rings is 2. The standard InChI is InChI=1S/C16H19ClN4O2/c1-10-6-11(2)20-16(23)13(10)8-19-15(22)9-21(3)14-5-4-12(17)7-18-14/h4-7H,8-9H2,1-3H3,(H,19,22)(H,20,23). The lowest BCUT2D eigenvalue weighted by Gasteiger charge is -2.17. The summed E-state index contributed by atoms with van der Waals surface area (Å²) >= 11 is 5.79. The molecule has 0 fully saturated rings. The van der Waals surface area contributed by atoms with Crippen LogP contribution in [0.2, 0.25) is 5.02 Å². The number of halogens is 1. The molecule has 0 aromatic carbocycles. The van der Waals surface area contributed by atoms with Crippen LogP contribution in [0.25, 0.3) is 0 Å². The Labute approximate surface area is 139 Å². The zero-order valence-electron chi connectivity index (χ0n) is 13.3. The average Bonchev–Trinajstić information content (AvgIpc) is 2.46. The van der Waals surface area contributed by atoms with Crippen molar-refractivity contribution in [1.29, 1.82) is 0 Å². The third kappa shape index (κ3) is 4.56. The van der Waals surface area contributed by atoms with Crippen LogP contribution in [0, 0.1) is 13.8 Å². The molecule has 2 heterocycles. The molecule has 0 aliphatic rings. The van der Waals surface area contributed by atoms with Crippen LogP contribution in [0.4, 0.5) is 5.82 Å². The van der Waals surface area contributed by atoms with E-state index in [1.807, 2.05) is 19.9 Å². The minimum Gasteiger partial charge on any atom is -0.350 e. The molecule has 0 unspecified atom stereocenters. The summed E-state index contributed by atoms with van der Waals surface area (Å²) in [5.41, 5.74) is 2.06. The van der Waals surface area contributed by atoms with Crippen LogP contribution in [0.15, 0.2) is 29.2 Å².